The largest absolute Gasteiger partial charge is 0.340 e. The predicted molar refractivity (Wildman–Crippen MR) is 118 cm³/mol. The van der Waals surface area contributed by atoms with E-state index in [0.717, 1.165) is 12.1 Å². The summed E-state index contributed by atoms with van der Waals surface area (Å²) in [6.07, 6.45) is 3.05. The van der Waals surface area contributed by atoms with Gasteiger partial charge in [0.05, 0.1) is 5.69 Å². The number of hydrogen-bond donors (Lipinski definition) is 4. The Morgan fingerprint density at radius 3 is 2.15 bits per heavy atom. The number of carbonyl (C=O) groups excluding carboxylic acids is 1. The Kier molecular flexibility index (Phi) is 6.30. The third-order valence-electron chi connectivity index (χ3n) is 4.29. The molecule has 33 heavy (non-hydrogen) atoms. The molecule has 0 saturated carbocycles. The van der Waals surface area contributed by atoms with E-state index < -0.39 is 29.2 Å². The summed E-state index contributed by atoms with van der Waals surface area (Å²) in [4.78, 5) is 24.5. The molecule has 2 aromatic heterocycles. The van der Waals surface area contributed by atoms with Crippen molar-refractivity contribution in [2.24, 2.45) is 0 Å². The summed E-state index contributed by atoms with van der Waals surface area (Å²) in [6.45, 7) is 0. The van der Waals surface area contributed by atoms with Crippen LogP contribution in [0.3, 0.4) is 0 Å². The van der Waals surface area contributed by atoms with Gasteiger partial charge in [-0.3, -0.25) is 0 Å². The van der Waals surface area contributed by atoms with E-state index in [1.54, 1.807) is 48.7 Å². The van der Waals surface area contributed by atoms with Crippen LogP contribution in [0.5, 0.6) is 0 Å². The van der Waals surface area contributed by atoms with Crippen molar-refractivity contribution >= 4 is 40.5 Å². The molecule has 8 nitrogen and oxygen atoms in total. The lowest BCUT2D eigenvalue weighted by Crippen LogP contribution is -2.20. The third-order valence-corrected chi connectivity index (χ3v) is 4.29. The summed E-state index contributed by atoms with van der Waals surface area (Å²) in [5.41, 5.74) is 0.583. The second kappa shape index (κ2) is 9.64. The van der Waals surface area contributed by atoms with Crippen LogP contribution in [0.4, 0.5) is 52.5 Å². The summed E-state index contributed by atoms with van der Waals surface area (Å²) in [6, 6.07) is 14.5. The second-order valence-electron chi connectivity index (χ2n) is 6.63. The summed E-state index contributed by atoms with van der Waals surface area (Å²) in [5.74, 6) is -2.77. The molecule has 166 valence electrons. The van der Waals surface area contributed by atoms with Crippen molar-refractivity contribution in [1.82, 2.24) is 15.0 Å². The van der Waals surface area contributed by atoms with Crippen LogP contribution in [0.1, 0.15) is 0 Å². The Labute approximate surface area is 185 Å². The molecule has 0 spiro atoms. The van der Waals surface area contributed by atoms with E-state index in [9.17, 15) is 18.0 Å². The zero-order valence-electron chi connectivity index (χ0n) is 16.8. The van der Waals surface area contributed by atoms with Crippen molar-refractivity contribution in [2.75, 3.05) is 21.3 Å². The zero-order chi connectivity index (χ0) is 23.2. The number of pyridine rings is 1. The summed E-state index contributed by atoms with van der Waals surface area (Å²) >= 11 is 0. The predicted octanol–water partition coefficient (Wildman–Crippen LogP) is 5.42. The van der Waals surface area contributed by atoms with Crippen molar-refractivity contribution < 1.29 is 18.0 Å². The van der Waals surface area contributed by atoms with Crippen LogP contribution >= 0.6 is 0 Å². The summed E-state index contributed by atoms with van der Waals surface area (Å²) in [5, 5.41) is 10.8. The van der Waals surface area contributed by atoms with Gasteiger partial charge in [-0.25, -0.2) is 32.9 Å². The Morgan fingerprint density at radius 2 is 1.42 bits per heavy atom. The van der Waals surface area contributed by atoms with Crippen LogP contribution in [-0.2, 0) is 0 Å². The van der Waals surface area contributed by atoms with Gasteiger partial charge in [0.2, 0.25) is 0 Å². The lowest BCUT2D eigenvalue weighted by atomic mass is 10.2. The maximum Gasteiger partial charge on any atom is 0.323 e. The highest BCUT2D eigenvalue weighted by atomic mass is 19.2. The number of rotatable bonds is 6. The molecule has 0 bridgehead atoms. The quantitative estimate of drug-likeness (QED) is 0.292. The smallest absolute Gasteiger partial charge is 0.323 e. The van der Waals surface area contributed by atoms with Gasteiger partial charge in [0.15, 0.2) is 17.5 Å². The Bertz CT molecular complexity index is 1270. The molecule has 0 atom stereocenters. The highest BCUT2D eigenvalue weighted by Crippen LogP contribution is 2.22. The molecule has 4 N–H and O–H groups in total. The number of aromatic nitrogens is 3. The van der Waals surface area contributed by atoms with Crippen molar-refractivity contribution in [1.29, 1.82) is 0 Å². The van der Waals surface area contributed by atoms with Crippen molar-refractivity contribution in [3.63, 3.8) is 0 Å². The standard InChI is InChI=1S/C22H16F3N7O/c23-15-8-9-16(21(25)20(15)24)31-22(33)30-14-6-4-13(5-7-14)29-18-11-19(28-12-27-18)32-17-3-1-2-10-26-17/h1-12H,(H2,30,31,33)(H2,26,27,28,29,32). The highest BCUT2D eigenvalue weighted by Gasteiger charge is 2.15. The van der Waals surface area contributed by atoms with Gasteiger partial charge in [-0.05, 0) is 48.5 Å². The first-order chi connectivity index (χ1) is 16.0. The molecular formula is C22H16F3N7O. The van der Waals surface area contributed by atoms with Gasteiger partial charge in [0.25, 0.3) is 0 Å². The van der Waals surface area contributed by atoms with Gasteiger partial charge >= 0.3 is 6.03 Å². The van der Waals surface area contributed by atoms with E-state index in [1.165, 1.54) is 6.33 Å². The monoisotopic (exact) mass is 451 g/mol. The lowest BCUT2D eigenvalue weighted by molar-refractivity contribution is 0.262. The first-order valence-electron chi connectivity index (χ1n) is 9.56. The minimum Gasteiger partial charge on any atom is -0.340 e. The maximum atomic E-state index is 13.7. The molecule has 11 heteroatoms. The van der Waals surface area contributed by atoms with Crippen LogP contribution in [0.25, 0.3) is 0 Å². The molecular weight excluding hydrogens is 435 g/mol. The minimum absolute atomic E-state index is 0.390. The molecule has 4 aromatic rings. The number of halogens is 3. The number of benzene rings is 2. The fourth-order valence-electron chi connectivity index (χ4n) is 2.75. The average molecular weight is 451 g/mol. The molecule has 0 aliphatic carbocycles. The van der Waals surface area contributed by atoms with Gasteiger partial charge < -0.3 is 21.3 Å². The molecule has 0 aliphatic heterocycles. The van der Waals surface area contributed by atoms with Crippen LogP contribution < -0.4 is 21.3 Å². The van der Waals surface area contributed by atoms with Gasteiger partial charge in [-0.15, -0.1) is 0 Å². The Morgan fingerprint density at radius 1 is 0.697 bits per heavy atom. The van der Waals surface area contributed by atoms with E-state index in [4.69, 9.17) is 0 Å². The second-order valence-corrected chi connectivity index (χ2v) is 6.63. The van der Waals surface area contributed by atoms with Crippen molar-refractivity contribution in [3.05, 3.63) is 90.6 Å². The topological polar surface area (TPSA) is 104 Å². The SMILES string of the molecule is O=C(Nc1ccc(Nc2cc(Nc3ccccn3)ncn2)cc1)Nc1ccc(F)c(F)c1F. The van der Waals surface area contributed by atoms with Gasteiger partial charge in [-0.2, -0.15) is 0 Å². The van der Waals surface area contributed by atoms with Gasteiger partial charge in [-0.1, -0.05) is 6.07 Å². The van der Waals surface area contributed by atoms with Crippen LogP contribution in [0.15, 0.2) is 73.2 Å². The first-order valence-corrected chi connectivity index (χ1v) is 9.56. The van der Waals surface area contributed by atoms with Crippen molar-refractivity contribution in [2.45, 2.75) is 0 Å². The number of carbonyl (C=O) groups is 1. The number of anilines is 6. The Balaban J connectivity index is 1.36. The third kappa shape index (κ3) is 5.53. The van der Waals surface area contributed by atoms with Gasteiger partial charge in [0, 0.05) is 23.6 Å². The fourth-order valence-corrected chi connectivity index (χ4v) is 2.75. The number of nitrogens with one attached hydrogen (secondary N) is 4. The van der Waals surface area contributed by atoms with Crippen LogP contribution in [0, 0.1) is 17.5 Å². The fraction of sp³-hybridized carbons (Fsp3) is 0. The molecule has 2 heterocycles. The molecule has 0 fully saturated rings. The normalized spacial score (nSPS) is 10.4. The molecule has 0 saturated heterocycles. The number of nitrogens with zero attached hydrogens (tertiary/aromatic N) is 3. The first kappa shape index (κ1) is 21.6. The number of urea groups is 1. The minimum atomic E-state index is -1.66. The molecule has 4 rings (SSSR count). The summed E-state index contributed by atoms with van der Waals surface area (Å²) in [7, 11) is 0. The molecule has 0 unspecified atom stereocenters. The highest BCUT2D eigenvalue weighted by molar-refractivity contribution is 5.99. The molecule has 2 aromatic carbocycles. The van der Waals surface area contributed by atoms with E-state index in [0.29, 0.717) is 28.8 Å². The van der Waals surface area contributed by atoms with E-state index >= 15 is 0 Å². The summed E-state index contributed by atoms with van der Waals surface area (Å²) < 4.78 is 40.0. The van der Waals surface area contributed by atoms with E-state index in [1.807, 2.05) is 6.07 Å². The Hall–Kier alpha value is -4.67. The van der Waals surface area contributed by atoms with E-state index in [2.05, 4.69) is 36.2 Å². The molecule has 2 amide bonds. The maximum absolute atomic E-state index is 13.7. The van der Waals surface area contributed by atoms with Gasteiger partial charge in [0.1, 0.15) is 23.8 Å². The van der Waals surface area contributed by atoms with Crippen molar-refractivity contribution in [3.8, 4) is 0 Å². The average Bonchev–Trinajstić information content (AvgIpc) is 2.82. The number of amides is 2. The molecule has 0 aliphatic rings. The van der Waals surface area contributed by atoms with Crippen LogP contribution in [-0.4, -0.2) is 21.0 Å². The zero-order valence-corrected chi connectivity index (χ0v) is 16.8. The molecule has 0 radical (unpaired) electrons. The number of hydrogen-bond acceptors (Lipinski definition) is 6. The van der Waals surface area contributed by atoms with Crippen LogP contribution in [0.2, 0.25) is 0 Å². The lowest BCUT2D eigenvalue weighted by Gasteiger charge is -2.11. The van der Waals surface area contributed by atoms with E-state index in [-0.39, 0.29) is 0 Å².